The molecule has 0 spiro atoms. The third-order valence-corrected chi connectivity index (χ3v) is 3.74. The van der Waals surface area contributed by atoms with Crippen LogP contribution in [0.5, 0.6) is 0 Å². The zero-order valence-corrected chi connectivity index (χ0v) is 14.4. The van der Waals surface area contributed by atoms with Gasteiger partial charge in [0.15, 0.2) is 0 Å². The van der Waals surface area contributed by atoms with E-state index in [0.717, 1.165) is 17.3 Å². The van der Waals surface area contributed by atoms with Crippen LogP contribution in [0.3, 0.4) is 0 Å². The Morgan fingerprint density at radius 1 is 1.30 bits per heavy atom. The summed E-state index contributed by atoms with van der Waals surface area (Å²) in [5.41, 5.74) is 5.50. The van der Waals surface area contributed by atoms with Crippen LogP contribution in [0.25, 0.3) is 0 Å². The molecule has 1 unspecified atom stereocenters. The van der Waals surface area contributed by atoms with Gasteiger partial charge in [0.25, 0.3) is 0 Å². The van der Waals surface area contributed by atoms with Gasteiger partial charge in [0.05, 0.1) is 33.8 Å². The van der Waals surface area contributed by atoms with Crippen LogP contribution in [0.4, 0.5) is 0 Å². The number of carbonyl (C=O) groups is 1. The van der Waals surface area contributed by atoms with Crippen molar-refractivity contribution in [3.8, 4) is 0 Å². The fraction of sp³-hybridized carbons (Fsp3) is 0.929. The molecular weight excluding hydrogens is 278 g/mol. The van der Waals surface area contributed by atoms with E-state index in [1.807, 2.05) is 0 Å². The van der Waals surface area contributed by atoms with Crippen LogP contribution in [-0.4, -0.2) is 73.8 Å². The van der Waals surface area contributed by atoms with Gasteiger partial charge in [-0.3, -0.25) is 4.79 Å². The van der Waals surface area contributed by atoms with Crippen molar-refractivity contribution in [2.24, 2.45) is 5.73 Å². The number of likely N-dealkylation sites (N-methyl/N-ethyl adjacent to an activating group) is 1. The standard InChI is InChI=1S/C14H32N3O2.ClH/c1-6-12(17(3,4)5)9-7-8-10-16(2)14(19)13(15)11-18;/h12-13,18H,6-11,15H2,1-5H3;1H/q+1;/p-1/t12?,13-;/m0./s1. The number of aliphatic hydroxyl groups is 1. The molecule has 5 nitrogen and oxygen atoms in total. The lowest BCUT2D eigenvalue weighted by Gasteiger charge is -2.33. The van der Waals surface area contributed by atoms with Crippen LogP contribution < -0.4 is 18.1 Å². The van der Waals surface area contributed by atoms with Crippen LogP contribution in [0.1, 0.15) is 32.6 Å². The van der Waals surface area contributed by atoms with E-state index in [1.165, 1.54) is 12.8 Å². The van der Waals surface area contributed by atoms with Crippen LogP contribution in [-0.2, 0) is 4.79 Å². The topological polar surface area (TPSA) is 66.6 Å². The van der Waals surface area contributed by atoms with Crippen molar-refractivity contribution in [1.29, 1.82) is 0 Å². The largest absolute Gasteiger partial charge is 1.00 e. The van der Waals surface area contributed by atoms with Crippen molar-refractivity contribution in [2.45, 2.75) is 44.7 Å². The first kappa shape index (κ1) is 21.9. The molecule has 0 bridgehead atoms. The van der Waals surface area contributed by atoms with Gasteiger partial charge in [0, 0.05) is 13.6 Å². The Balaban J connectivity index is 0. The van der Waals surface area contributed by atoms with Crippen LogP contribution in [0.15, 0.2) is 0 Å². The quantitative estimate of drug-likeness (QED) is 0.363. The summed E-state index contributed by atoms with van der Waals surface area (Å²) in [4.78, 5) is 13.3. The third kappa shape index (κ3) is 8.04. The second-order valence-electron chi connectivity index (χ2n) is 6.22. The van der Waals surface area contributed by atoms with Gasteiger partial charge < -0.3 is 32.6 Å². The minimum Gasteiger partial charge on any atom is -1.00 e. The van der Waals surface area contributed by atoms with Gasteiger partial charge in [-0.1, -0.05) is 6.92 Å². The molecule has 2 atom stereocenters. The molecule has 122 valence electrons. The summed E-state index contributed by atoms with van der Waals surface area (Å²) in [7, 11) is 8.42. The van der Waals surface area contributed by atoms with Crippen molar-refractivity contribution >= 4 is 5.91 Å². The first-order valence-corrected chi connectivity index (χ1v) is 7.16. The van der Waals surface area contributed by atoms with E-state index in [-0.39, 0.29) is 24.9 Å². The number of rotatable bonds is 9. The van der Waals surface area contributed by atoms with Crippen molar-refractivity contribution in [1.82, 2.24) is 4.90 Å². The first-order chi connectivity index (χ1) is 8.73. The molecule has 0 aromatic heterocycles. The van der Waals surface area contributed by atoms with Crippen molar-refractivity contribution in [3.63, 3.8) is 0 Å². The van der Waals surface area contributed by atoms with Crippen molar-refractivity contribution in [2.75, 3.05) is 41.3 Å². The average molecular weight is 310 g/mol. The second-order valence-corrected chi connectivity index (χ2v) is 6.22. The van der Waals surface area contributed by atoms with E-state index in [2.05, 4.69) is 28.1 Å². The molecule has 0 aliphatic heterocycles. The lowest BCUT2D eigenvalue weighted by atomic mass is 10.0. The minimum atomic E-state index is -0.778. The maximum Gasteiger partial charge on any atom is 0.241 e. The fourth-order valence-electron chi connectivity index (χ4n) is 2.34. The van der Waals surface area contributed by atoms with Gasteiger partial charge in [-0.2, -0.15) is 0 Å². The lowest BCUT2D eigenvalue weighted by Crippen LogP contribution is -3.00. The predicted molar refractivity (Wildman–Crippen MR) is 78.7 cm³/mol. The van der Waals surface area contributed by atoms with Gasteiger partial charge in [-0.05, 0) is 25.7 Å². The number of amides is 1. The molecule has 0 rings (SSSR count). The highest BCUT2D eigenvalue weighted by molar-refractivity contribution is 5.81. The number of nitrogens with two attached hydrogens (primary N) is 1. The number of hydrogen-bond acceptors (Lipinski definition) is 3. The first-order valence-electron chi connectivity index (χ1n) is 7.16. The van der Waals surface area contributed by atoms with Gasteiger partial charge >= 0.3 is 0 Å². The SMILES string of the molecule is CCC(CCCCN(C)C(=O)[C@@H](N)CO)[N+](C)(C)C.[Cl-]. The Labute approximate surface area is 130 Å². The molecule has 0 aromatic carbocycles. The molecule has 0 radical (unpaired) electrons. The monoisotopic (exact) mass is 309 g/mol. The van der Waals surface area contributed by atoms with Gasteiger partial charge in [0.1, 0.15) is 6.04 Å². The number of unbranched alkanes of at least 4 members (excludes halogenated alkanes) is 1. The van der Waals surface area contributed by atoms with Gasteiger partial charge in [0.2, 0.25) is 5.91 Å². The maximum absolute atomic E-state index is 11.7. The smallest absolute Gasteiger partial charge is 0.241 e. The molecule has 3 N–H and O–H groups in total. The summed E-state index contributed by atoms with van der Waals surface area (Å²) in [5.74, 6) is -0.179. The summed E-state index contributed by atoms with van der Waals surface area (Å²) < 4.78 is 0.987. The molecule has 0 aromatic rings. The van der Waals surface area contributed by atoms with Crippen molar-refractivity contribution < 1.29 is 26.8 Å². The molecular formula is C14H32ClN3O2. The molecule has 0 heterocycles. The molecule has 6 heteroatoms. The minimum absolute atomic E-state index is 0. The lowest BCUT2D eigenvalue weighted by molar-refractivity contribution is -0.896. The normalized spacial score (nSPS) is 14.3. The summed E-state index contributed by atoms with van der Waals surface area (Å²) >= 11 is 0. The summed E-state index contributed by atoms with van der Waals surface area (Å²) in [6, 6.07) is -0.111. The van der Waals surface area contributed by atoms with Crippen LogP contribution >= 0.6 is 0 Å². The summed E-state index contributed by atoms with van der Waals surface area (Å²) in [6.07, 6.45) is 4.44. The highest BCUT2D eigenvalue weighted by Gasteiger charge is 2.21. The van der Waals surface area contributed by atoms with E-state index < -0.39 is 6.04 Å². The maximum atomic E-state index is 11.7. The fourth-order valence-corrected chi connectivity index (χ4v) is 2.34. The number of hydrogen-bond donors (Lipinski definition) is 2. The van der Waals surface area contributed by atoms with E-state index in [1.54, 1.807) is 11.9 Å². The van der Waals surface area contributed by atoms with Crippen LogP contribution in [0, 0.1) is 0 Å². The summed E-state index contributed by atoms with van der Waals surface area (Å²) in [5, 5.41) is 8.85. The number of halogens is 1. The number of aliphatic hydroxyl groups excluding tert-OH is 1. The Morgan fingerprint density at radius 2 is 1.85 bits per heavy atom. The highest BCUT2D eigenvalue weighted by Crippen LogP contribution is 2.14. The van der Waals surface area contributed by atoms with E-state index in [9.17, 15) is 4.79 Å². The van der Waals surface area contributed by atoms with Crippen LogP contribution in [0.2, 0.25) is 0 Å². The van der Waals surface area contributed by atoms with E-state index in [0.29, 0.717) is 12.6 Å². The predicted octanol–water partition coefficient (Wildman–Crippen LogP) is -2.58. The molecule has 0 fully saturated rings. The Kier molecular flexibility index (Phi) is 11.4. The summed E-state index contributed by atoms with van der Waals surface area (Å²) in [6.45, 7) is 2.65. The van der Waals surface area contributed by atoms with E-state index in [4.69, 9.17) is 10.8 Å². The molecule has 20 heavy (non-hydrogen) atoms. The molecule has 1 amide bonds. The Hall–Kier alpha value is -0.360. The van der Waals surface area contributed by atoms with Gasteiger partial charge in [-0.15, -0.1) is 0 Å². The number of quaternary nitrogens is 1. The molecule has 0 aliphatic rings. The molecule has 0 saturated carbocycles. The average Bonchev–Trinajstić information content (AvgIpc) is 2.34. The highest BCUT2D eigenvalue weighted by atomic mass is 35.5. The van der Waals surface area contributed by atoms with Gasteiger partial charge in [-0.25, -0.2) is 0 Å². The molecule has 0 aliphatic carbocycles. The Bertz CT molecular complexity index is 270. The second kappa shape index (κ2) is 10.4. The van der Waals surface area contributed by atoms with Crippen molar-refractivity contribution in [3.05, 3.63) is 0 Å². The van der Waals surface area contributed by atoms with E-state index >= 15 is 0 Å². The zero-order valence-electron chi connectivity index (χ0n) is 13.6. The third-order valence-electron chi connectivity index (χ3n) is 3.74. The molecule has 0 saturated heterocycles. The zero-order chi connectivity index (χ0) is 15.1. The Morgan fingerprint density at radius 3 is 2.25 bits per heavy atom. The number of nitrogens with zero attached hydrogens (tertiary/aromatic N) is 2. The number of carbonyl (C=O) groups excluding carboxylic acids is 1.